The van der Waals surface area contributed by atoms with Crippen LogP contribution in [-0.2, 0) is 10.0 Å². The molecule has 1 rings (SSSR count). The molecule has 2 N–H and O–H groups in total. The molecule has 5 nitrogen and oxygen atoms in total. The minimum absolute atomic E-state index is 0.0760. The van der Waals surface area contributed by atoms with Crippen molar-refractivity contribution in [3.63, 3.8) is 0 Å². The van der Waals surface area contributed by atoms with Gasteiger partial charge in [0.05, 0.1) is 4.90 Å². The molecule has 0 saturated heterocycles. The van der Waals surface area contributed by atoms with Crippen LogP contribution in [0.3, 0.4) is 0 Å². The van der Waals surface area contributed by atoms with E-state index in [1.54, 1.807) is 24.3 Å². The smallest absolute Gasteiger partial charge is 0.243 e. The molecule has 1 aromatic rings. The summed E-state index contributed by atoms with van der Waals surface area (Å²) < 4.78 is 27.0. The molecule has 0 aliphatic carbocycles. The van der Waals surface area contributed by atoms with Gasteiger partial charge in [-0.05, 0) is 38.1 Å². The second kappa shape index (κ2) is 7.77. The van der Waals surface area contributed by atoms with Crippen molar-refractivity contribution in [3.8, 4) is 0 Å². The topological polar surface area (TPSA) is 61.4 Å². The Bertz CT molecular complexity index is 524. The Kier molecular flexibility index (Phi) is 6.64. The zero-order valence-corrected chi connectivity index (χ0v) is 14.4. The normalized spacial score (nSPS) is 12.4. The van der Waals surface area contributed by atoms with Gasteiger partial charge in [-0.2, -0.15) is 4.31 Å². The molecule has 120 valence electrons. The molecule has 0 atom stereocenters. The van der Waals surface area contributed by atoms with Crippen molar-refractivity contribution in [2.24, 2.45) is 0 Å². The molecule has 0 fully saturated rings. The molecule has 0 spiro atoms. The summed E-state index contributed by atoms with van der Waals surface area (Å²) in [5.41, 5.74) is 0.895. The summed E-state index contributed by atoms with van der Waals surface area (Å²) >= 11 is 0. The van der Waals surface area contributed by atoms with Crippen LogP contribution < -0.4 is 10.6 Å². The van der Waals surface area contributed by atoms with E-state index in [0.717, 1.165) is 5.69 Å². The zero-order chi connectivity index (χ0) is 16.0. The molecular formula is C15H27N3O2S. The third-order valence-corrected chi connectivity index (χ3v) is 5.30. The number of rotatable bonds is 8. The maximum absolute atomic E-state index is 12.7. The third-order valence-electron chi connectivity index (χ3n) is 3.21. The second-order valence-electron chi connectivity index (χ2n) is 5.59. The summed E-state index contributed by atoms with van der Waals surface area (Å²) in [5, 5.41) is 6.24. The lowest BCUT2D eigenvalue weighted by Crippen LogP contribution is -2.42. The molecule has 0 aliphatic heterocycles. The summed E-state index contributed by atoms with van der Waals surface area (Å²) in [7, 11) is -1.65. The van der Waals surface area contributed by atoms with Gasteiger partial charge in [-0.25, -0.2) is 8.42 Å². The average molecular weight is 313 g/mol. The van der Waals surface area contributed by atoms with E-state index >= 15 is 0 Å². The Morgan fingerprint density at radius 1 is 1.10 bits per heavy atom. The molecule has 0 unspecified atom stereocenters. The number of sulfonamides is 1. The minimum Gasteiger partial charge on any atom is -0.388 e. The van der Waals surface area contributed by atoms with E-state index in [-0.39, 0.29) is 6.04 Å². The number of hydrogen-bond donors (Lipinski definition) is 2. The van der Waals surface area contributed by atoms with Crippen molar-refractivity contribution < 1.29 is 8.42 Å². The van der Waals surface area contributed by atoms with E-state index in [0.29, 0.717) is 24.0 Å². The summed E-state index contributed by atoms with van der Waals surface area (Å²) in [6.07, 6.45) is 0. The zero-order valence-electron chi connectivity index (χ0n) is 13.6. The van der Waals surface area contributed by atoms with E-state index in [1.165, 1.54) is 4.31 Å². The highest BCUT2D eigenvalue weighted by atomic mass is 32.2. The van der Waals surface area contributed by atoms with Crippen LogP contribution in [0.4, 0.5) is 5.69 Å². The summed E-state index contributed by atoms with van der Waals surface area (Å²) in [5.74, 6) is 0. The molecule has 0 bridgehead atoms. The maximum atomic E-state index is 12.7. The standard InChI is InChI=1S/C15H27N3O2S/c1-12(2)17-10-11-18(13(3)4)21(19,20)15-8-6-14(16-5)7-9-15/h6-9,12-13,16-17H,10-11H2,1-5H3. The Balaban J connectivity index is 2.92. The lowest BCUT2D eigenvalue weighted by molar-refractivity contribution is 0.346. The molecule has 0 saturated carbocycles. The van der Waals surface area contributed by atoms with E-state index in [4.69, 9.17) is 0 Å². The van der Waals surface area contributed by atoms with Crippen molar-refractivity contribution >= 4 is 15.7 Å². The van der Waals surface area contributed by atoms with Crippen LogP contribution in [0.1, 0.15) is 27.7 Å². The fourth-order valence-corrected chi connectivity index (χ4v) is 3.69. The highest BCUT2D eigenvalue weighted by Crippen LogP contribution is 2.19. The van der Waals surface area contributed by atoms with Crippen LogP contribution in [0.5, 0.6) is 0 Å². The van der Waals surface area contributed by atoms with E-state index < -0.39 is 10.0 Å². The molecular weight excluding hydrogens is 286 g/mol. The van der Waals surface area contributed by atoms with Gasteiger partial charge in [-0.1, -0.05) is 13.8 Å². The van der Waals surface area contributed by atoms with Crippen LogP contribution in [0, 0.1) is 0 Å². The Morgan fingerprint density at radius 3 is 2.10 bits per heavy atom. The number of anilines is 1. The Labute approximate surface area is 128 Å². The second-order valence-corrected chi connectivity index (χ2v) is 7.48. The van der Waals surface area contributed by atoms with Gasteiger partial charge < -0.3 is 10.6 Å². The van der Waals surface area contributed by atoms with Gasteiger partial charge in [0.15, 0.2) is 0 Å². The molecule has 21 heavy (non-hydrogen) atoms. The van der Waals surface area contributed by atoms with Crippen LogP contribution in [0.2, 0.25) is 0 Å². The van der Waals surface area contributed by atoms with E-state index in [1.807, 2.05) is 34.7 Å². The van der Waals surface area contributed by atoms with Crippen molar-refractivity contribution in [1.82, 2.24) is 9.62 Å². The maximum Gasteiger partial charge on any atom is 0.243 e. The van der Waals surface area contributed by atoms with Gasteiger partial charge in [0, 0.05) is 37.9 Å². The summed E-state index contributed by atoms with van der Waals surface area (Å²) in [4.78, 5) is 0.333. The third kappa shape index (κ3) is 4.98. The predicted octanol–water partition coefficient (Wildman–Crippen LogP) is 2.13. The first-order valence-electron chi connectivity index (χ1n) is 7.32. The molecule has 6 heteroatoms. The predicted molar refractivity (Wildman–Crippen MR) is 88.2 cm³/mol. The van der Waals surface area contributed by atoms with Gasteiger partial charge >= 0.3 is 0 Å². The average Bonchev–Trinajstić information content (AvgIpc) is 2.42. The highest BCUT2D eigenvalue weighted by Gasteiger charge is 2.26. The van der Waals surface area contributed by atoms with Gasteiger partial charge in [-0.15, -0.1) is 0 Å². The van der Waals surface area contributed by atoms with Crippen LogP contribution in [0.25, 0.3) is 0 Å². The van der Waals surface area contributed by atoms with Crippen molar-refractivity contribution in [2.75, 3.05) is 25.5 Å². The Morgan fingerprint density at radius 2 is 1.67 bits per heavy atom. The number of benzene rings is 1. The SMILES string of the molecule is CNc1ccc(S(=O)(=O)N(CCNC(C)C)C(C)C)cc1. The van der Waals surface area contributed by atoms with Crippen molar-refractivity contribution in [2.45, 2.75) is 44.7 Å². The van der Waals surface area contributed by atoms with Crippen molar-refractivity contribution in [3.05, 3.63) is 24.3 Å². The quantitative estimate of drug-likeness (QED) is 0.772. The molecule has 0 aromatic heterocycles. The first-order valence-corrected chi connectivity index (χ1v) is 8.76. The monoisotopic (exact) mass is 313 g/mol. The molecule has 1 aromatic carbocycles. The highest BCUT2D eigenvalue weighted by molar-refractivity contribution is 7.89. The Hall–Kier alpha value is -1.11. The summed E-state index contributed by atoms with van der Waals surface area (Å²) in [6, 6.07) is 7.11. The van der Waals surface area contributed by atoms with Crippen LogP contribution in [0.15, 0.2) is 29.2 Å². The number of hydrogen-bond acceptors (Lipinski definition) is 4. The van der Waals surface area contributed by atoms with Crippen LogP contribution >= 0.6 is 0 Å². The lowest BCUT2D eigenvalue weighted by Gasteiger charge is -2.26. The number of nitrogens with zero attached hydrogens (tertiary/aromatic N) is 1. The van der Waals surface area contributed by atoms with E-state index in [2.05, 4.69) is 10.6 Å². The van der Waals surface area contributed by atoms with Gasteiger partial charge in [-0.3, -0.25) is 0 Å². The number of nitrogens with one attached hydrogen (secondary N) is 2. The van der Waals surface area contributed by atoms with Crippen molar-refractivity contribution in [1.29, 1.82) is 0 Å². The fourth-order valence-electron chi connectivity index (χ4n) is 2.05. The van der Waals surface area contributed by atoms with Gasteiger partial charge in [0.1, 0.15) is 0 Å². The first-order chi connectivity index (χ1) is 9.78. The lowest BCUT2D eigenvalue weighted by atomic mass is 10.3. The minimum atomic E-state index is -3.46. The molecule has 0 amide bonds. The van der Waals surface area contributed by atoms with Gasteiger partial charge in [0.25, 0.3) is 0 Å². The van der Waals surface area contributed by atoms with Gasteiger partial charge in [0.2, 0.25) is 10.0 Å². The fraction of sp³-hybridized carbons (Fsp3) is 0.600. The first kappa shape index (κ1) is 17.9. The summed E-state index contributed by atoms with van der Waals surface area (Å²) in [6.45, 7) is 8.99. The van der Waals surface area contributed by atoms with Crippen LogP contribution in [-0.4, -0.2) is 44.9 Å². The van der Waals surface area contributed by atoms with E-state index in [9.17, 15) is 8.42 Å². The molecule has 0 radical (unpaired) electrons. The molecule has 0 heterocycles. The largest absolute Gasteiger partial charge is 0.388 e. The molecule has 0 aliphatic rings.